The fraction of sp³-hybridized carbons (Fsp3) is 0.692. The first-order valence-corrected chi connectivity index (χ1v) is 6.41. The molecule has 0 bridgehead atoms. The van der Waals surface area contributed by atoms with Crippen LogP contribution in [0.1, 0.15) is 31.7 Å². The summed E-state index contributed by atoms with van der Waals surface area (Å²) >= 11 is 0. The molecule has 2 heterocycles. The quantitative estimate of drug-likeness (QED) is 0.796. The Morgan fingerprint density at radius 3 is 2.71 bits per heavy atom. The van der Waals surface area contributed by atoms with Crippen LogP contribution in [0.25, 0.3) is 0 Å². The number of rotatable bonds is 4. The summed E-state index contributed by atoms with van der Waals surface area (Å²) in [6.07, 6.45) is 6.71. The first kappa shape index (κ1) is 12.3. The van der Waals surface area contributed by atoms with E-state index in [9.17, 15) is 4.79 Å². The third-order valence-electron chi connectivity index (χ3n) is 3.56. The van der Waals surface area contributed by atoms with Crippen LogP contribution in [0.15, 0.2) is 12.4 Å². The zero-order valence-electron chi connectivity index (χ0n) is 10.7. The Morgan fingerprint density at radius 1 is 1.47 bits per heavy atom. The van der Waals surface area contributed by atoms with Gasteiger partial charge in [0, 0.05) is 37.7 Å². The minimum absolute atomic E-state index is 0.310. The molecule has 4 nitrogen and oxygen atoms in total. The molecule has 0 aromatic carbocycles. The van der Waals surface area contributed by atoms with Crippen molar-refractivity contribution in [1.82, 2.24) is 14.7 Å². The summed E-state index contributed by atoms with van der Waals surface area (Å²) in [6, 6.07) is 0. The Balaban J connectivity index is 1.81. The maximum atomic E-state index is 11.6. The van der Waals surface area contributed by atoms with E-state index < -0.39 is 0 Å². The predicted molar refractivity (Wildman–Crippen MR) is 66.5 cm³/mol. The van der Waals surface area contributed by atoms with Gasteiger partial charge in [0.15, 0.2) is 0 Å². The molecule has 1 aromatic heterocycles. The predicted octanol–water partition coefficient (Wildman–Crippen LogP) is 1.61. The number of aromatic nitrogens is 2. The van der Waals surface area contributed by atoms with Gasteiger partial charge in [-0.3, -0.25) is 14.4 Å². The van der Waals surface area contributed by atoms with E-state index in [1.165, 1.54) is 5.56 Å². The van der Waals surface area contributed by atoms with E-state index >= 15 is 0 Å². The second kappa shape index (κ2) is 5.45. The lowest BCUT2D eigenvalue weighted by Crippen LogP contribution is -2.35. The van der Waals surface area contributed by atoms with E-state index in [0.29, 0.717) is 18.1 Å². The lowest BCUT2D eigenvalue weighted by molar-refractivity contribution is -0.124. The number of nitrogens with zero attached hydrogens (tertiary/aromatic N) is 3. The van der Waals surface area contributed by atoms with E-state index in [0.717, 1.165) is 32.5 Å². The molecule has 1 aliphatic heterocycles. The molecule has 1 saturated heterocycles. The lowest BCUT2D eigenvalue weighted by Gasteiger charge is -2.30. The van der Waals surface area contributed by atoms with Crippen molar-refractivity contribution >= 4 is 5.78 Å². The van der Waals surface area contributed by atoms with Crippen LogP contribution < -0.4 is 0 Å². The van der Waals surface area contributed by atoms with Gasteiger partial charge in [0.05, 0.1) is 6.20 Å². The molecule has 1 fully saturated rings. The van der Waals surface area contributed by atoms with Gasteiger partial charge in [-0.2, -0.15) is 5.10 Å². The molecule has 0 amide bonds. The van der Waals surface area contributed by atoms with E-state index in [4.69, 9.17) is 0 Å². The van der Waals surface area contributed by atoms with Crippen LogP contribution in [0, 0.1) is 5.92 Å². The van der Waals surface area contributed by atoms with Crippen LogP contribution in [0.4, 0.5) is 0 Å². The molecule has 0 radical (unpaired) electrons. The number of hydrogen-bond donors (Lipinski definition) is 0. The molecular formula is C13H21N3O. The highest BCUT2D eigenvalue weighted by atomic mass is 16.1. The summed E-state index contributed by atoms with van der Waals surface area (Å²) < 4.78 is 1.84. The second-order valence-corrected chi connectivity index (χ2v) is 4.89. The Labute approximate surface area is 103 Å². The van der Waals surface area contributed by atoms with Gasteiger partial charge in [-0.15, -0.1) is 0 Å². The summed E-state index contributed by atoms with van der Waals surface area (Å²) in [5.41, 5.74) is 1.26. The van der Waals surface area contributed by atoms with Crippen molar-refractivity contribution in [3.8, 4) is 0 Å². The monoisotopic (exact) mass is 235 g/mol. The summed E-state index contributed by atoms with van der Waals surface area (Å²) in [7, 11) is 1.94. The van der Waals surface area contributed by atoms with Gasteiger partial charge in [0.25, 0.3) is 0 Å². The fourth-order valence-corrected chi connectivity index (χ4v) is 2.51. The first-order valence-electron chi connectivity index (χ1n) is 6.41. The number of ketones is 1. The van der Waals surface area contributed by atoms with E-state index in [2.05, 4.69) is 16.2 Å². The van der Waals surface area contributed by atoms with Gasteiger partial charge in [0.2, 0.25) is 0 Å². The third kappa shape index (κ3) is 3.16. The largest absolute Gasteiger partial charge is 0.299 e. The molecule has 17 heavy (non-hydrogen) atoms. The van der Waals surface area contributed by atoms with Crippen molar-refractivity contribution < 1.29 is 4.79 Å². The number of aryl methyl sites for hydroxylation is 1. The number of carbonyl (C=O) groups is 1. The lowest BCUT2D eigenvalue weighted by atomic mass is 9.91. The summed E-state index contributed by atoms with van der Waals surface area (Å²) in [4.78, 5) is 14.0. The molecule has 0 saturated carbocycles. The minimum atomic E-state index is 0.310. The highest BCUT2D eigenvalue weighted by Gasteiger charge is 2.23. The molecule has 0 spiro atoms. The molecule has 1 aromatic rings. The molecule has 0 unspecified atom stereocenters. The van der Waals surface area contributed by atoms with Gasteiger partial charge in [-0.25, -0.2) is 0 Å². The van der Waals surface area contributed by atoms with Crippen LogP contribution in [-0.4, -0.2) is 33.6 Å². The topological polar surface area (TPSA) is 38.1 Å². The number of likely N-dealkylation sites (tertiary alicyclic amines) is 1. The van der Waals surface area contributed by atoms with Crippen molar-refractivity contribution in [2.45, 2.75) is 32.7 Å². The van der Waals surface area contributed by atoms with E-state index in [1.54, 1.807) is 0 Å². The molecule has 1 aliphatic rings. The van der Waals surface area contributed by atoms with Gasteiger partial charge in [0.1, 0.15) is 5.78 Å². The molecule has 0 atom stereocenters. The van der Waals surface area contributed by atoms with Gasteiger partial charge >= 0.3 is 0 Å². The standard InChI is InChI=1S/C13H21N3O/c1-3-13(17)12-4-6-16(7-5-12)10-11-8-14-15(2)9-11/h8-9,12H,3-7,10H2,1-2H3. The number of piperidine rings is 1. The minimum Gasteiger partial charge on any atom is -0.299 e. The maximum Gasteiger partial charge on any atom is 0.135 e. The van der Waals surface area contributed by atoms with Crippen LogP contribution in [0.3, 0.4) is 0 Å². The Kier molecular flexibility index (Phi) is 3.94. The Bertz CT molecular complexity index is 378. The van der Waals surface area contributed by atoms with Crippen LogP contribution >= 0.6 is 0 Å². The second-order valence-electron chi connectivity index (χ2n) is 4.89. The maximum absolute atomic E-state index is 11.6. The van der Waals surface area contributed by atoms with Crippen LogP contribution in [0.5, 0.6) is 0 Å². The fourth-order valence-electron chi connectivity index (χ4n) is 2.51. The highest BCUT2D eigenvalue weighted by Crippen LogP contribution is 2.20. The van der Waals surface area contributed by atoms with Crippen molar-refractivity contribution in [2.24, 2.45) is 13.0 Å². The summed E-state index contributed by atoms with van der Waals surface area (Å²) in [5, 5.41) is 4.17. The van der Waals surface area contributed by atoms with Crippen molar-refractivity contribution in [2.75, 3.05) is 13.1 Å². The van der Waals surface area contributed by atoms with Gasteiger partial charge in [-0.05, 0) is 25.9 Å². The average Bonchev–Trinajstić information content (AvgIpc) is 2.75. The molecule has 4 heteroatoms. The van der Waals surface area contributed by atoms with Crippen molar-refractivity contribution in [1.29, 1.82) is 0 Å². The first-order chi connectivity index (χ1) is 8.19. The molecule has 94 valence electrons. The van der Waals surface area contributed by atoms with Crippen molar-refractivity contribution in [3.63, 3.8) is 0 Å². The highest BCUT2D eigenvalue weighted by molar-refractivity contribution is 5.80. The zero-order chi connectivity index (χ0) is 12.3. The summed E-state index contributed by atoms with van der Waals surface area (Å²) in [6.45, 7) is 4.99. The zero-order valence-corrected chi connectivity index (χ0v) is 10.7. The van der Waals surface area contributed by atoms with E-state index in [1.807, 2.05) is 24.9 Å². The Morgan fingerprint density at radius 2 is 2.18 bits per heavy atom. The van der Waals surface area contributed by atoms with Gasteiger partial charge in [-0.1, -0.05) is 6.92 Å². The van der Waals surface area contributed by atoms with Crippen molar-refractivity contribution in [3.05, 3.63) is 18.0 Å². The van der Waals surface area contributed by atoms with Crippen LogP contribution in [-0.2, 0) is 18.4 Å². The SMILES string of the molecule is CCC(=O)C1CCN(Cc2cnn(C)c2)CC1. The molecule has 0 aliphatic carbocycles. The number of Topliss-reactive ketones (excluding diaryl/α,β-unsaturated/α-hetero) is 1. The molecule has 2 rings (SSSR count). The Hall–Kier alpha value is -1.16. The average molecular weight is 235 g/mol. The molecular weight excluding hydrogens is 214 g/mol. The smallest absolute Gasteiger partial charge is 0.135 e. The summed E-state index contributed by atoms with van der Waals surface area (Å²) in [5.74, 6) is 0.746. The third-order valence-corrected chi connectivity index (χ3v) is 3.56. The molecule has 0 N–H and O–H groups in total. The normalized spacial score (nSPS) is 18.5. The number of carbonyl (C=O) groups excluding carboxylic acids is 1. The van der Waals surface area contributed by atoms with E-state index in [-0.39, 0.29) is 0 Å². The number of hydrogen-bond acceptors (Lipinski definition) is 3. The van der Waals surface area contributed by atoms with Gasteiger partial charge < -0.3 is 0 Å². The van der Waals surface area contributed by atoms with Crippen LogP contribution in [0.2, 0.25) is 0 Å².